The predicted octanol–water partition coefficient (Wildman–Crippen LogP) is 3.20. The Morgan fingerprint density at radius 2 is 1.96 bits per heavy atom. The average molecular weight is 379 g/mol. The van der Waals surface area contributed by atoms with E-state index in [2.05, 4.69) is 6.07 Å². The Morgan fingerprint density at radius 1 is 1.29 bits per heavy atom. The van der Waals surface area contributed by atoms with Gasteiger partial charge < -0.3 is 15.6 Å². The van der Waals surface area contributed by atoms with Crippen LogP contribution in [-0.2, 0) is 11.4 Å². The number of likely N-dealkylation sites (tertiary alicyclic amines) is 1. The van der Waals surface area contributed by atoms with Crippen molar-refractivity contribution in [2.75, 3.05) is 0 Å². The van der Waals surface area contributed by atoms with Gasteiger partial charge in [-0.15, -0.1) is 0 Å². The molecule has 0 aromatic heterocycles. The van der Waals surface area contributed by atoms with Crippen molar-refractivity contribution in [1.29, 1.82) is 5.26 Å². The lowest BCUT2D eigenvalue weighted by molar-refractivity contribution is -0.127. The molecule has 1 saturated heterocycles. The number of hydrogen-bond acceptors (Lipinski definition) is 4. The number of rotatable bonds is 5. The summed E-state index contributed by atoms with van der Waals surface area (Å²) in [5.74, 6) is -0.0393. The number of carboxylic acid groups (broad SMARTS) is 1. The Bertz CT molecular complexity index is 935. The molecule has 3 rings (SSSR count). The molecule has 2 amide bonds. The van der Waals surface area contributed by atoms with Crippen molar-refractivity contribution in [1.82, 2.24) is 4.90 Å². The predicted molar refractivity (Wildman–Crippen MR) is 101 cm³/mol. The molecule has 144 valence electrons. The molecule has 1 fully saturated rings. The first-order valence-corrected chi connectivity index (χ1v) is 8.90. The molecule has 0 bridgehead atoms. The summed E-state index contributed by atoms with van der Waals surface area (Å²) in [6.45, 7) is 1.82. The van der Waals surface area contributed by atoms with Gasteiger partial charge in [0.05, 0.1) is 17.7 Å². The highest BCUT2D eigenvalue weighted by molar-refractivity contribution is 5.88. The number of carbonyl (C=O) groups is 2. The van der Waals surface area contributed by atoms with Gasteiger partial charge in [-0.1, -0.05) is 30.3 Å². The number of benzene rings is 2. The largest absolute Gasteiger partial charge is 0.489 e. The van der Waals surface area contributed by atoms with Crippen LogP contribution >= 0.6 is 0 Å². The molecule has 0 saturated carbocycles. The molecule has 7 heteroatoms. The van der Waals surface area contributed by atoms with Crippen molar-refractivity contribution in [2.24, 2.45) is 5.73 Å². The summed E-state index contributed by atoms with van der Waals surface area (Å²) in [5.41, 5.74) is 6.37. The van der Waals surface area contributed by atoms with E-state index >= 15 is 0 Å². The molecule has 0 spiro atoms. The quantitative estimate of drug-likeness (QED) is 0.827. The van der Waals surface area contributed by atoms with Gasteiger partial charge in [0.2, 0.25) is 5.91 Å². The molecule has 0 aliphatic carbocycles. The van der Waals surface area contributed by atoms with E-state index in [1.54, 1.807) is 43.3 Å². The summed E-state index contributed by atoms with van der Waals surface area (Å²) < 4.78 is 5.75. The first-order chi connectivity index (χ1) is 13.4. The lowest BCUT2D eigenvalue weighted by Gasteiger charge is -2.33. The molecular formula is C21H21N3O4. The van der Waals surface area contributed by atoms with E-state index in [0.717, 1.165) is 16.0 Å². The maximum Gasteiger partial charge on any atom is 0.408 e. The minimum Gasteiger partial charge on any atom is -0.489 e. The van der Waals surface area contributed by atoms with Gasteiger partial charge in [-0.25, -0.2) is 4.79 Å². The van der Waals surface area contributed by atoms with Crippen LogP contribution in [0.4, 0.5) is 4.79 Å². The molecule has 2 aromatic rings. The summed E-state index contributed by atoms with van der Waals surface area (Å²) in [7, 11) is 0. The van der Waals surface area contributed by atoms with Gasteiger partial charge in [0.1, 0.15) is 17.9 Å². The summed E-state index contributed by atoms with van der Waals surface area (Å²) in [4.78, 5) is 24.7. The molecule has 0 radical (unpaired) electrons. The van der Waals surface area contributed by atoms with Crippen molar-refractivity contribution in [2.45, 2.75) is 38.0 Å². The highest BCUT2D eigenvalue weighted by atomic mass is 16.5. The van der Waals surface area contributed by atoms with Gasteiger partial charge in [-0.2, -0.15) is 5.26 Å². The number of ether oxygens (including phenoxy) is 1. The second-order valence-electron chi connectivity index (χ2n) is 6.97. The molecule has 0 unspecified atom stereocenters. The van der Waals surface area contributed by atoms with Crippen molar-refractivity contribution in [3.8, 4) is 11.8 Å². The smallest absolute Gasteiger partial charge is 0.408 e. The van der Waals surface area contributed by atoms with Gasteiger partial charge in [-0.3, -0.25) is 9.69 Å². The van der Waals surface area contributed by atoms with Crippen LogP contribution < -0.4 is 10.5 Å². The molecule has 1 aliphatic heterocycles. The van der Waals surface area contributed by atoms with Crippen LogP contribution in [0, 0.1) is 11.3 Å². The van der Waals surface area contributed by atoms with Crippen LogP contribution in [0.25, 0.3) is 0 Å². The number of nitrogens with zero attached hydrogens (tertiary/aromatic N) is 2. The second kappa shape index (κ2) is 7.61. The third-order valence-electron chi connectivity index (χ3n) is 5.28. The number of nitrogens with two attached hydrogens (primary N) is 1. The molecule has 28 heavy (non-hydrogen) atoms. The monoisotopic (exact) mass is 379 g/mol. The highest BCUT2D eigenvalue weighted by Crippen LogP contribution is 2.42. The zero-order chi connectivity index (χ0) is 20.3. The molecule has 2 atom stereocenters. The normalized spacial score (nSPS) is 21.1. The summed E-state index contributed by atoms with van der Waals surface area (Å²) in [6, 6.07) is 16.0. The molecular weight excluding hydrogens is 358 g/mol. The zero-order valence-electron chi connectivity index (χ0n) is 15.5. The van der Waals surface area contributed by atoms with Crippen LogP contribution in [0.1, 0.15) is 42.5 Å². The third-order valence-corrected chi connectivity index (χ3v) is 5.28. The maximum absolute atomic E-state index is 11.8. The van der Waals surface area contributed by atoms with Crippen LogP contribution in [-0.4, -0.2) is 27.5 Å². The highest BCUT2D eigenvalue weighted by Gasteiger charge is 2.50. The van der Waals surface area contributed by atoms with Crippen LogP contribution in [0.3, 0.4) is 0 Å². The van der Waals surface area contributed by atoms with E-state index in [1.807, 2.05) is 12.1 Å². The summed E-state index contributed by atoms with van der Waals surface area (Å²) >= 11 is 0. The number of hydrogen-bond donors (Lipinski definition) is 2. The van der Waals surface area contributed by atoms with Gasteiger partial charge in [0.25, 0.3) is 0 Å². The lowest BCUT2D eigenvalue weighted by Crippen LogP contribution is -2.54. The van der Waals surface area contributed by atoms with Gasteiger partial charge in [0, 0.05) is 5.56 Å². The van der Waals surface area contributed by atoms with E-state index < -0.39 is 23.6 Å². The molecule has 3 N–H and O–H groups in total. The Morgan fingerprint density at radius 3 is 2.57 bits per heavy atom. The molecule has 1 heterocycles. The first-order valence-electron chi connectivity index (χ1n) is 8.90. The Kier molecular flexibility index (Phi) is 5.23. The fourth-order valence-corrected chi connectivity index (χ4v) is 3.62. The fraction of sp³-hybridized carbons (Fsp3) is 0.286. The Hall–Kier alpha value is -3.53. The van der Waals surface area contributed by atoms with Crippen LogP contribution in [0.15, 0.2) is 48.5 Å². The Labute approximate surface area is 162 Å². The number of amides is 2. The van der Waals surface area contributed by atoms with Crippen molar-refractivity contribution >= 4 is 12.0 Å². The molecule has 7 nitrogen and oxygen atoms in total. The standard InChI is InChI=1S/C21H21N3O4/c1-21(19(23)25)11-10-18(24(21)20(26)27)14-6-8-17(9-7-14)28-13-16-5-3-2-4-15(16)12-22/h2-9,18H,10-11,13H2,1H3,(H2,23,25)(H,26,27)/t18-,21+/m1/s1. The van der Waals surface area contributed by atoms with E-state index in [1.165, 1.54) is 0 Å². The van der Waals surface area contributed by atoms with E-state index in [-0.39, 0.29) is 6.61 Å². The van der Waals surface area contributed by atoms with Gasteiger partial charge in [-0.05, 0) is 43.5 Å². The van der Waals surface area contributed by atoms with Crippen molar-refractivity contribution < 1.29 is 19.4 Å². The molecule has 2 aromatic carbocycles. The first kappa shape index (κ1) is 19.2. The maximum atomic E-state index is 11.8. The number of nitriles is 1. The summed E-state index contributed by atoms with van der Waals surface area (Å²) in [5, 5.41) is 18.7. The van der Waals surface area contributed by atoms with E-state index in [9.17, 15) is 14.7 Å². The van der Waals surface area contributed by atoms with Gasteiger partial charge in [0.15, 0.2) is 0 Å². The Balaban J connectivity index is 1.75. The molecule has 1 aliphatic rings. The SMILES string of the molecule is C[C@@]1(C(N)=O)CC[C@H](c2ccc(OCc3ccccc3C#N)cc2)N1C(=O)O. The minimum absolute atomic E-state index is 0.257. The fourth-order valence-electron chi connectivity index (χ4n) is 3.62. The summed E-state index contributed by atoms with van der Waals surface area (Å²) in [6.07, 6.45) is -0.276. The van der Waals surface area contributed by atoms with Crippen molar-refractivity contribution in [3.63, 3.8) is 0 Å². The van der Waals surface area contributed by atoms with Crippen LogP contribution in [0.5, 0.6) is 5.75 Å². The minimum atomic E-state index is -1.22. The topological polar surface area (TPSA) is 117 Å². The third kappa shape index (κ3) is 3.49. The number of carbonyl (C=O) groups excluding carboxylic acids is 1. The second-order valence-corrected chi connectivity index (χ2v) is 6.97. The lowest BCUT2D eigenvalue weighted by atomic mass is 9.98. The zero-order valence-corrected chi connectivity index (χ0v) is 15.5. The van der Waals surface area contributed by atoms with E-state index in [0.29, 0.717) is 24.2 Å². The van der Waals surface area contributed by atoms with Crippen molar-refractivity contribution in [3.05, 3.63) is 65.2 Å². The number of primary amides is 1. The average Bonchev–Trinajstić information content (AvgIpc) is 3.06. The van der Waals surface area contributed by atoms with E-state index in [4.69, 9.17) is 15.7 Å². The van der Waals surface area contributed by atoms with Crippen LogP contribution in [0.2, 0.25) is 0 Å². The van der Waals surface area contributed by atoms with Gasteiger partial charge >= 0.3 is 6.09 Å².